The first kappa shape index (κ1) is 14.7. The average Bonchev–Trinajstić information content (AvgIpc) is 3.30. The quantitative estimate of drug-likeness (QED) is 0.890. The molecule has 1 aromatic heterocycles. The first-order valence-electron chi connectivity index (χ1n) is 7.54. The number of nitrogens with zero attached hydrogens (tertiary/aromatic N) is 3. The summed E-state index contributed by atoms with van der Waals surface area (Å²) in [7, 11) is -3.03. The molecule has 0 amide bonds. The highest BCUT2D eigenvalue weighted by Gasteiger charge is 2.27. The lowest BCUT2D eigenvalue weighted by Gasteiger charge is -2.30. The number of sulfonamides is 1. The van der Waals surface area contributed by atoms with Crippen molar-refractivity contribution in [3.05, 3.63) is 18.1 Å². The molecular weight excluding hydrogens is 288 g/mol. The van der Waals surface area contributed by atoms with Gasteiger partial charge in [-0.15, -0.1) is 0 Å². The van der Waals surface area contributed by atoms with Gasteiger partial charge in [0, 0.05) is 31.7 Å². The summed E-state index contributed by atoms with van der Waals surface area (Å²) in [5.41, 5.74) is 0. The van der Waals surface area contributed by atoms with Gasteiger partial charge in [-0.3, -0.25) is 0 Å². The van der Waals surface area contributed by atoms with Gasteiger partial charge in [0.15, 0.2) is 0 Å². The molecule has 7 heteroatoms. The zero-order valence-electron chi connectivity index (χ0n) is 12.3. The fraction of sp³-hybridized carbons (Fsp3) is 0.714. The number of anilines is 1. The maximum Gasteiger partial charge on any atom is 0.211 e. The monoisotopic (exact) mass is 310 g/mol. The van der Waals surface area contributed by atoms with Crippen molar-refractivity contribution in [2.24, 2.45) is 5.92 Å². The molecule has 1 aromatic rings. The second kappa shape index (κ2) is 5.88. The van der Waals surface area contributed by atoms with Gasteiger partial charge in [0.05, 0.1) is 6.26 Å². The summed E-state index contributed by atoms with van der Waals surface area (Å²) in [6.45, 7) is 2.10. The van der Waals surface area contributed by atoms with Crippen molar-refractivity contribution in [1.29, 1.82) is 0 Å². The van der Waals surface area contributed by atoms with Crippen molar-refractivity contribution >= 4 is 15.8 Å². The third-order valence-corrected chi connectivity index (χ3v) is 5.53. The summed E-state index contributed by atoms with van der Waals surface area (Å²) in [4.78, 5) is 8.85. The van der Waals surface area contributed by atoms with Gasteiger partial charge in [0.2, 0.25) is 10.0 Å². The molecule has 2 heterocycles. The van der Waals surface area contributed by atoms with Crippen LogP contribution in [0.25, 0.3) is 0 Å². The van der Waals surface area contributed by atoms with Crippen LogP contribution >= 0.6 is 0 Å². The third-order valence-electron chi connectivity index (χ3n) is 4.23. The molecule has 1 N–H and O–H groups in total. The number of hydrogen-bond acceptors (Lipinski definition) is 5. The van der Waals surface area contributed by atoms with Crippen LogP contribution in [0.5, 0.6) is 0 Å². The van der Waals surface area contributed by atoms with Gasteiger partial charge in [-0.2, -0.15) is 0 Å². The zero-order valence-corrected chi connectivity index (χ0v) is 13.1. The lowest BCUT2D eigenvalue weighted by Crippen LogP contribution is -2.39. The molecule has 1 aliphatic heterocycles. The van der Waals surface area contributed by atoms with Crippen LogP contribution in [-0.4, -0.2) is 48.6 Å². The molecule has 0 spiro atoms. The van der Waals surface area contributed by atoms with E-state index < -0.39 is 10.0 Å². The Morgan fingerprint density at radius 1 is 1.29 bits per heavy atom. The van der Waals surface area contributed by atoms with E-state index in [2.05, 4.69) is 15.3 Å². The molecule has 1 aliphatic carbocycles. The predicted molar refractivity (Wildman–Crippen MR) is 81.6 cm³/mol. The lowest BCUT2D eigenvalue weighted by atomic mass is 9.98. The predicted octanol–water partition coefficient (Wildman–Crippen LogP) is 1.44. The first-order chi connectivity index (χ1) is 10.0. The van der Waals surface area contributed by atoms with E-state index in [1.54, 1.807) is 4.31 Å². The Kier molecular flexibility index (Phi) is 4.12. The fourth-order valence-corrected chi connectivity index (χ4v) is 3.58. The van der Waals surface area contributed by atoms with E-state index in [0.29, 0.717) is 24.9 Å². The van der Waals surface area contributed by atoms with Crippen LogP contribution in [0.4, 0.5) is 5.82 Å². The van der Waals surface area contributed by atoms with Crippen molar-refractivity contribution in [1.82, 2.24) is 14.3 Å². The molecule has 1 saturated carbocycles. The van der Waals surface area contributed by atoms with Crippen molar-refractivity contribution in [3.63, 3.8) is 0 Å². The minimum atomic E-state index is -3.03. The Balaban J connectivity index is 1.49. The van der Waals surface area contributed by atoms with E-state index >= 15 is 0 Å². The highest BCUT2D eigenvalue weighted by molar-refractivity contribution is 7.88. The Labute approximate surface area is 126 Å². The van der Waals surface area contributed by atoms with Crippen LogP contribution in [0.2, 0.25) is 0 Å². The van der Waals surface area contributed by atoms with Gasteiger partial charge in [-0.05, 0) is 37.7 Å². The first-order valence-corrected chi connectivity index (χ1v) is 9.39. The summed E-state index contributed by atoms with van der Waals surface area (Å²) in [5.74, 6) is 2.90. The van der Waals surface area contributed by atoms with Gasteiger partial charge in [0.25, 0.3) is 0 Å². The summed E-state index contributed by atoms with van der Waals surface area (Å²) in [6, 6.07) is 1.90. The van der Waals surface area contributed by atoms with E-state index in [1.807, 2.05) is 12.3 Å². The number of piperidine rings is 1. The van der Waals surface area contributed by atoms with E-state index in [-0.39, 0.29) is 0 Å². The summed E-state index contributed by atoms with van der Waals surface area (Å²) in [6.07, 6.45) is 7.31. The van der Waals surface area contributed by atoms with Crippen molar-refractivity contribution in [3.8, 4) is 0 Å². The number of rotatable bonds is 5. The Morgan fingerprint density at radius 2 is 2.00 bits per heavy atom. The van der Waals surface area contributed by atoms with Gasteiger partial charge in [0.1, 0.15) is 11.6 Å². The summed E-state index contributed by atoms with van der Waals surface area (Å²) in [5, 5.41) is 3.37. The Bertz CT molecular complexity index is 593. The molecule has 0 atom stereocenters. The lowest BCUT2D eigenvalue weighted by molar-refractivity contribution is 0.283. The largest absolute Gasteiger partial charge is 0.370 e. The van der Waals surface area contributed by atoms with E-state index in [1.165, 1.54) is 19.1 Å². The van der Waals surface area contributed by atoms with Gasteiger partial charge in [-0.1, -0.05) is 0 Å². The van der Waals surface area contributed by atoms with Crippen LogP contribution in [0.1, 0.15) is 37.4 Å². The van der Waals surface area contributed by atoms with Gasteiger partial charge in [-0.25, -0.2) is 22.7 Å². The molecule has 2 fully saturated rings. The van der Waals surface area contributed by atoms with E-state index in [4.69, 9.17) is 0 Å². The van der Waals surface area contributed by atoms with Crippen molar-refractivity contribution in [2.75, 3.05) is 31.2 Å². The number of aromatic nitrogens is 2. The Morgan fingerprint density at radius 3 is 2.62 bits per heavy atom. The topological polar surface area (TPSA) is 75.2 Å². The number of nitrogens with one attached hydrogen (secondary N) is 1. The second-order valence-corrected chi connectivity index (χ2v) is 8.04. The highest BCUT2D eigenvalue weighted by Crippen LogP contribution is 2.38. The van der Waals surface area contributed by atoms with Gasteiger partial charge < -0.3 is 5.32 Å². The molecular formula is C14H22N4O2S. The van der Waals surface area contributed by atoms with Crippen LogP contribution < -0.4 is 5.32 Å². The number of hydrogen-bond donors (Lipinski definition) is 1. The molecule has 3 rings (SSSR count). The minimum Gasteiger partial charge on any atom is -0.370 e. The van der Waals surface area contributed by atoms with Crippen LogP contribution in [-0.2, 0) is 10.0 Å². The maximum absolute atomic E-state index is 11.5. The molecule has 0 bridgehead atoms. The second-order valence-electron chi connectivity index (χ2n) is 6.06. The molecule has 116 valence electrons. The van der Waals surface area contributed by atoms with Crippen LogP contribution in [0, 0.1) is 5.92 Å². The molecule has 0 radical (unpaired) electrons. The van der Waals surface area contributed by atoms with Crippen LogP contribution in [0.3, 0.4) is 0 Å². The molecule has 0 unspecified atom stereocenters. The third kappa shape index (κ3) is 3.91. The highest BCUT2D eigenvalue weighted by atomic mass is 32.2. The summed E-state index contributed by atoms with van der Waals surface area (Å²) >= 11 is 0. The van der Waals surface area contributed by atoms with Crippen molar-refractivity contribution in [2.45, 2.75) is 31.6 Å². The molecule has 6 nitrogen and oxygen atoms in total. The van der Waals surface area contributed by atoms with Gasteiger partial charge >= 0.3 is 0 Å². The van der Waals surface area contributed by atoms with Crippen molar-refractivity contribution < 1.29 is 8.42 Å². The van der Waals surface area contributed by atoms with Crippen LogP contribution in [0.15, 0.2) is 12.3 Å². The summed E-state index contributed by atoms with van der Waals surface area (Å²) < 4.78 is 24.5. The zero-order chi connectivity index (χ0) is 14.9. The SMILES string of the molecule is CS(=O)(=O)N1CCC(CNc2ccnc(C3CC3)n2)CC1. The normalized spacial score (nSPS) is 21.4. The maximum atomic E-state index is 11.5. The smallest absolute Gasteiger partial charge is 0.211 e. The molecule has 21 heavy (non-hydrogen) atoms. The standard InChI is InChI=1S/C14H22N4O2S/c1-21(19,20)18-8-5-11(6-9-18)10-16-13-4-7-15-14(17-13)12-2-3-12/h4,7,11-12H,2-3,5-6,8-10H2,1H3,(H,15,16,17). The molecule has 0 aromatic carbocycles. The minimum absolute atomic E-state index is 0.502. The molecule has 1 saturated heterocycles. The van der Waals surface area contributed by atoms with E-state index in [9.17, 15) is 8.42 Å². The average molecular weight is 310 g/mol. The Hall–Kier alpha value is -1.21. The molecule has 2 aliphatic rings. The van der Waals surface area contributed by atoms with E-state index in [0.717, 1.165) is 31.0 Å². The fourth-order valence-electron chi connectivity index (χ4n) is 2.70.